The number of fused-ring (bicyclic) bond motifs is 1. The first-order valence-corrected chi connectivity index (χ1v) is 5.77. The summed E-state index contributed by atoms with van der Waals surface area (Å²) >= 11 is 0. The third kappa shape index (κ3) is 2.13. The molecule has 1 aromatic carbocycles. The van der Waals surface area contributed by atoms with Gasteiger partial charge < -0.3 is 4.90 Å². The van der Waals surface area contributed by atoms with Crippen molar-refractivity contribution >= 4 is 17.4 Å². The molecule has 6 heteroatoms. The van der Waals surface area contributed by atoms with Gasteiger partial charge in [-0.2, -0.15) is 0 Å². The van der Waals surface area contributed by atoms with Gasteiger partial charge in [0.1, 0.15) is 0 Å². The Kier molecular flexibility index (Phi) is 3.18. The molecule has 1 aromatic rings. The van der Waals surface area contributed by atoms with Gasteiger partial charge in [0.05, 0.1) is 10.6 Å². The first-order chi connectivity index (χ1) is 8.50. The maximum Gasteiger partial charge on any atom is 0.323 e. The number of anilines is 1. The molecule has 0 spiro atoms. The molecular weight excluding hydrogens is 234 g/mol. The summed E-state index contributed by atoms with van der Waals surface area (Å²) in [6, 6.07) is 4.57. The Morgan fingerprint density at radius 2 is 2.17 bits per heavy atom. The van der Waals surface area contributed by atoms with Crippen LogP contribution in [0.3, 0.4) is 0 Å². The summed E-state index contributed by atoms with van der Waals surface area (Å²) in [5, 5.41) is 10.8. The number of non-ortho nitro benzene ring substituents is 1. The van der Waals surface area contributed by atoms with Crippen LogP contribution in [0.15, 0.2) is 18.2 Å². The van der Waals surface area contributed by atoms with Crippen molar-refractivity contribution in [3.05, 3.63) is 33.9 Å². The molecule has 1 aliphatic rings. The fraction of sp³-hybridized carbons (Fsp3) is 0.417. The molecule has 0 radical (unpaired) electrons. The van der Waals surface area contributed by atoms with Gasteiger partial charge in [-0.05, 0) is 18.4 Å². The summed E-state index contributed by atoms with van der Waals surface area (Å²) in [6.07, 6.45) is 1.73. The number of rotatable bonds is 1. The van der Waals surface area contributed by atoms with E-state index in [9.17, 15) is 14.9 Å². The Bertz CT molecular complexity index is 499. The van der Waals surface area contributed by atoms with Crippen LogP contribution in [0.5, 0.6) is 0 Å². The van der Waals surface area contributed by atoms with Crippen LogP contribution >= 0.6 is 0 Å². The molecule has 2 amide bonds. The van der Waals surface area contributed by atoms with E-state index in [0.29, 0.717) is 12.2 Å². The molecule has 96 valence electrons. The first kappa shape index (κ1) is 12.3. The molecule has 0 N–H and O–H groups in total. The van der Waals surface area contributed by atoms with E-state index in [1.807, 2.05) is 0 Å². The van der Waals surface area contributed by atoms with E-state index in [2.05, 4.69) is 0 Å². The largest absolute Gasteiger partial charge is 0.330 e. The van der Waals surface area contributed by atoms with Crippen LogP contribution in [-0.4, -0.2) is 36.5 Å². The van der Waals surface area contributed by atoms with E-state index in [0.717, 1.165) is 18.4 Å². The molecule has 0 saturated heterocycles. The fourth-order valence-corrected chi connectivity index (χ4v) is 2.12. The summed E-state index contributed by atoms with van der Waals surface area (Å²) in [5.41, 5.74) is 1.67. The summed E-state index contributed by atoms with van der Waals surface area (Å²) in [6.45, 7) is 0.602. The Morgan fingerprint density at radius 1 is 1.44 bits per heavy atom. The van der Waals surface area contributed by atoms with Crippen LogP contribution in [0.4, 0.5) is 16.2 Å². The zero-order valence-corrected chi connectivity index (χ0v) is 10.4. The van der Waals surface area contributed by atoms with E-state index in [4.69, 9.17) is 0 Å². The van der Waals surface area contributed by atoms with Gasteiger partial charge in [-0.15, -0.1) is 0 Å². The molecule has 1 heterocycles. The number of hydrogen-bond acceptors (Lipinski definition) is 3. The van der Waals surface area contributed by atoms with Gasteiger partial charge in [0.15, 0.2) is 0 Å². The van der Waals surface area contributed by atoms with E-state index in [1.165, 1.54) is 17.0 Å². The molecule has 0 unspecified atom stereocenters. The number of carbonyl (C=O) groups excluding carboxylic acids is 1. The van der Waals surface area contributed by atoms with Crippen LogP contribution < -0.4 is 4.90 Å². The highest BCUT2D eigenvalue weighted by Gasteiger charge is 2.25. The number of amides is 2. The number of benzene rings is 1. The lowest BCUT2D eigenvalue weighted by Gasteiger charge is -2.31. The lowest BCUT2D eigenvalue weighted by Crippen LogP contribution is -2.42. The summed E-state index contributed by atoms with van der Waals surface area (Å²) < 4.78 is 0. The van der Waals surface area contributed by atoms with Gasteiger partial charge in [0.25, 0.3) is 5.69 Å². The molecule has 2 rings (SSSR count). The lowest BCUT2D eigenvalue weighted by atomic mass is 10.0. The van der Waals surface area contributed by atoms with Crippen molar-refractivity contribution in [3.63, 3.8) is 0 Å². The van der Waals surface area contributed by atoms with Gasteiger partial charge in [-0.25, -0.2) is 4.79 Å². The molecule has 0 aromatic heterocycles. The van der Waals surface area contributed by atoms with Crippen molar-refractivity contribution in [2.45, 2.75) is 12.8 Å². The molecule has 0 fully saturated rings. The van der Waals surface area contributed by atoms with E-state index >= 15 is 0 Å². The number of hydrogen-bond donors (Lipinski definition) is 0. The number of nitro groups is 1. The highest BCUT2D eigenvalue weighted by molar-refractivity contribution is 5.93. The molecule has 6 nitrogen and oxygen atoms in total. The normalized spacial score (nSPS) is 14.0. The highest BCUT2D eigenvalue weighted by Crippen LogP contribution is 2.31. The number of nitro benzene ring substituents is 1. The minimum absolute atomic E-state index is 0.0206. The molecule has 0 saturated carbocycles. The second kappa shape index (κ2) is 4.64. The van der Waals surface area contributed by atoms with Crippen molar-refractivity contribution in [1.29, 1.82) is 0 Å². The molecule has 0 atom stereocenters. The second-order valence-electron chi connectivity index (χ2n) is 4.50. The second-order valence-corrected chi connectivity index (χ2v) is 4.50. The molecule has 1 aliphatic heterocycles. The monoisotopic (exact) mass is 249 g/mol. The quantitative estimate of drug-likeness (QED) is 0.565. The number of nitrogens with zero attached hydrogens (tertiary/aromatic N) is 3. The third-order valence-electron chi connectivity index (χ3n) is 3.01. The maximum absolute atomic E-state index is 12.0. The van der Waals surface area contributed by atoms with E-state index in [1.54, 1.807) is 25.1 Å². The third-order valence-corrected chi connectivity index (χ3v) is 3.01. The summed E-state index contributed by atoms with van der Waals surface area (Å²) in [4.78, 5) is 25.5. The van der Waals surface area contributed by atoms with Gasteiger partial charge in [-0.1, -0.05) is 6.07 Å². The van der Waals surface area contributed by atoms with Crippen molar-refractivity contribution in [2.75, 3.05) is 25.5 Å². The first-order valence-electron chi connectivity index (χ1n) is 5.77. The zero-order valence-electron chi connectivity index (χ0n) is 10.4. The van der Waals surface area contributed by atoms with Crippen LogP contribution in [-0.2, 0) is 6.42 Å². The molecule has 0 bridgehead atoms. The average molecular weight is 249 g/mol. The van der Waals surface area contributed by atoms with Gasteiger partial charge >= 0.3 is 6.03 Å². The minimum atomic E-state index is -0.437. The predicted octanol–water partition coefficient (Wildman–Crippen LogP) is 2.03. The lowest BCUT2D eigenvalue weighted by molar-refractivity contribution is -0.384. The van der Waals surface area contributed by atoms with Crippen molar-refractivity contribution in [1.82, 2.24) is 4.90 Å². The fourth-order valence-electron chi connectivity index (χ4n) is 2.12. The molecular formula is C12H15N3O3. The van der Waals surface area contributed by atoms with Crippen LogP contribution in [0.2, 0.25) is 0 Å². The highest BCUT2D eigenvalue weighted by atomic mass is 16.6. The zero-order chi connectivity index (χ0) is 13.3. The topological polar surface area (TPSA) is 66.7 Å². The maximum atomic E-state index is 12.0. The predicted molar refractivity (Wildman–Crippen MR) is 67.8 cm³/mol. The SMILES string of the molecule is CN(C)C(=O)N1CCCc2ccc([N+](=O)[O-])cc21. The number of aryl methyl sites for hydroxylation is 1. The Morgan fingerprint density at radius 3 is 2.78 bits per heavy atom. The Labute approximate surface area is 105 Å². The van der Waals surface area contributed by atoms with Crippen molar-refractivity contribution in [3.8, 4) is 0 Å². The smallest absolute Gasteiger partial charge is 0.323 e. The Hall–Kier alpha value is -2.11. The van der Waals surface area contributed by atoms with Gasteiger partial charge in [-0.3, -0.25) is 15.0 Å². The molecule has 18 heavy (non-hydrogen) atoms. The van der Waals surface area contributed by atoms with Crippen LogP contribution in [0, 0.1) is 10.1 Å². The van der Waals surface area contributed by atoms with E-state index in [-0.39, 0.29) is 11.7 Å². The van der Waals surface area contributed by atoms with Gasteiger partial charge in [0, 0.05) is 32.8 Å². The minimum Gasteiger partial charge on any atom is -0.330 e. The number of carbonyl (C=O) groups is 1. The van der Waals surface area contributed by atoms with Crippen LogP contribution in [0.25, 0.3) is 0 Å². The van der Waals surface area contributed by atoms with Crippen LogP contribution in [0.1, 0.15) is 12.0 Å². The number of urea groups is 1. The van der Waals surface area contributed by atoms with Gasteiger partial charge in [0.2, 0.25) is 0 Å². The Balaban J connectivity index is 2.43. The summed E-state index contributed by atoms with van der Waals surface area (Å²) in [5.74, 6) is 0. The molecule has 0 aliphatic carbocycles. The van der Waals surface area contributed by atoms with E-state index < -0.39 is 4.92 Å². The van der Waals surface area contributed by atoms with Crippen molar-refractivity contribution < 1.29 is 9.72 Å². The summed E-state index contributed by atoms with van der Waals surface area (Å²) in [7, 11) is 3.35. The standard InChI is InChI=1S/C12H15N3O3/c1-13(2)12(16)14-7-3-4-9-5-6-10(15(17)18)8-11(9)14/h5-6,8H,3-4,7H2,1-2H3. The van der Waals surface area contributed by atoms with Crippen molar-refractivity contribution in [2.24, 2.45) is 0 Å². The average Bonchev–Trinajstić information content (AvgIpc) is 2.36.